The van der Waals surface area contributed by atoms with Gasteiger partial charge >= 0.3 is 0 Å². The molecule has 0 aromatic rings. The molecular formula is C15H30N2O. The van der Waals surface area contributed by atoms with Gasteiger partial charge in [0.15, 0.2) is 0 Å². The lowest BCUT2D eigenvalue weighted by Gasteiger charge is -2.40. The highest BCUT2D eigenvalue weighted by molar-refractivity contribution is 4.93. The number of aliphatic hydroxyl groups excluding tert-OH is 1. The van der Waals surface area contributed by atoms with Gasteiger partial charge in [0.25, 0.3) is 0 Å². The predicted octanol–water partition coefficient (Wildman–Crippen LogP) is 2.00. The van der Waals surface area contributed by atoms with Crippen LogP contribution < -0.4 is 5.32 Å². The van der Waals surface area contributed by atoms with Crippen LogP contribution in [0.4, 0.5) is 0 Å². The molecule has 3 atom stereocenters. The molecule has 3 nitrogen and oxygen atoms in total. The second kappa shape index (κ2) is 5.89. The summed E-state index contributed by atoms with van der Waals surface area (Å²) in [6.07, 6.45) is 6.32. The van der Waals surface area contributed by atoms with Crippen LogP contribution in [-0.2, 0) is 0 Å². The molecule has 0 aromatic heterocycles. The zero-order chi connectivity index (χ0) is 13.2. The Bertz CT molecular complexity index is 267. The first-order valence-corrected chi connectivity index (χ1v) is 7.67. The van der Waals surface area contributed by atoms with Crippen molar-refractivity contribution in [2.24, 2.45) is 5.92 Å². The highest BCUT2D eigenvalue weighted by Crippen LogP contribution is 2.26. The van der Waals surface area contributed by atoms with Gasteiger partial charge in [0, 0.05) is 24.2 Å². The Kier molecular flexibility index (Phi) is 4.68. The molecule has 106 valence electrons. The lowest BCUT2D eigenvalue weighted by atomic mass is 9.90. The minimum absolute atomic E-state index is 0.0818. The molecule has 0 amide bonds. The van der Waals surface area contributed by atoms with Gasteiger partial charge < -0.3 is 15.3 Å². The molecule has 1 aliphatic carbocycles. The third-order valence-electron chi connectivity index (χ3n) is 4.93. The maximum absolute atomic E-state index is 9.63. The number of piperidine rings is 1. The molecule has 0 bridgehead atoms. The van der Waals surface area contributed by atoms with E-state index in [1.165, 1.54) is 32.2 Å². The van der Waals surface area contributed by atoms with Gasteiger partial charge in [0.05, 0.1) is 6.61 Å². The SMILES string of the molecule is CC1CCCN(CCC(C)(CO)NC2CC2)C1C. The van der Waals surface area contributed by atoms with Crippen LogP contribution in [0.3, 0.4) is 0 Å². The van der Waals surface area contributed by atoms with Crippen molar-refractivity contribution < 1.29 is 5.11 Å². The lowest BCUT2D eigenvalue weighted by Crippen LogP contribution is -2.51. The van der Waals surface area contributed by atoms with Gasteiger partial charge in [-0.25, -0.2) is 0 Å². The molecule has 0 radical (unpaired) electrons. The summed E-state index contributed by atoms with van der Waals surface area (Å²) in [5.74, 6) is 0.815. The summed E-state index contributed by atoms with van der Waals surface area (Å²) < 4.78 is 0. The standard InChI is InChI=1S/C15H30N2O/c1-12-5-4-9-17(13(12)2)10-8-15(3,11-18)16-14-6-7-14/h12-14,16,18H,4-11H2,1-3H3. The average Bonchev–Trinajstić information content (AvgIpc) is 3.15. The van der Waals surface area contributed by atoms with Crippen molar-refractivity contribution in [2.75, 3.05) is 19.7 Å². The topological polar surface area (TPSA) is 35.5 Å². The smallest absolute Gasteiger partial charge is 0.0611 e. The second-order valence-corrected chi connectivity index (χ2v) is 6.78. The van der Waals surface area contributed by atoms with Crippen LogP contribution in [0.5, 0.6) is 0 Å². The van der Waals surface area contributed by atoms with E-state index >= 15 is 0 Å². The van der Waals surface area contributed by atoms with Crippen molar-refractivity contribution in [3.05, 3.63) is 0 Å². The highest BCUT2D eigenvalue weighted by Gasteiger charge is 2.33. The van der Waals surface area contributed by atoms with E-state index in [-0.39, 0.29) is 12.1 Å². The molecule has 2 rings (SSSR count). The first-order valence-electron chi connectivity index (χ1n) is 7.67. The minimum Gasteiger partial charge on any atom is -0.394 e. The molecular weight excluding hydrogens is 224 g/mol. The molecule has 1 heterocycles. The van der Waals surface area contributed by atoms with Gasteiger partial charge in [0.1, 0.15) is 0 Å². The molecule has 3 unspecified atom stereocenters. The molecule has 0 aromatic carbocycles. The van der Waals surface area contributed by atoms with Gasteiger partial charge in [-0.1, -0.05) is 6.92 Å². The van der Waals surface area contributed by atoms with E-state index in [2.05, 4.69) is 31.0 Å². The first kappa shape index (κ1) is 14.3. The van der Waals surface area contributed by atoms with Gasteiger partial charge in [-0.15, -0.1) is 0 Å². The highest BCUT2D eigenvalue weighted by atomic mass is 16.3. The Morgan fingerprint density at radius 2 is 2.00 bits per heavy atom. The molecule has 1 saturated carbocycles. The van der Waals surface area contributed by atoms with Crippen LogP contribution in [0.2, 0.25) is 0 Å². The fourth-order valence-corrected chi connectivity index (χ4v) is 3.04. The maximum Gasteiger partial charge on any atom is 0.0611 e. The molecule has 2 N–H and O–H groups in total. The molecule has 3 heteroatoms. The summed E-state index contributed by atoms with van der Waals surface area (Å²) in [6, 6.07) is 1.36. The van der Waals surface area contributed by atoms with Crippen molar-refractivity contribution in [1.82, 2.24) is 10.2 Å². The minimum atomic E-state index is -0.0818. The molecule has 1 aliphatic heterocycles. The second-order valence-electron chi connectivity index (χ2n) is 6.78. The van der Waals surface area contributed by atoms with Crippen molar-refractivity contribution in [2.45, 2.75) is 70.5 Å². The normalized spacial score (nSPS) is 33.3. The number of nitrogens with zero attached hydrogens (tertiary/aromatic N) is 1. The van der Waals surface area contributed by atoms with Gasteiger partial charge in [-0.05, 0) is 58.4 Å². The lowest BCUT2D eigenvalue weighted by molar-refractivity contribution is 0.0869. The summed E-state index contributed by atoms with van der Waals surface area (Å²) in [5, 5.41) is 13.2. The van der Waals surface area contributed by atoms with Gasteiger partial charge in [-0.2, -0.15) is 0 Å². The van der Waals surface area contributed by atoms with E-state index in [1.54, 1.807) is 0 Å². The summed E-state index contributed by atoms with van der Waals surface area (Å²) in [6.45, 7) is 9.49. The van der Waals surface area contributed by atoms with Crippen molar-refractivity contribution in [1.29, 1.82) is 0 Å². The zero-order valence-electron chi connectivity index (χ0n) is 12.3. The number of rotatable bonds is 6. The Morgan fingerprint density at radius 1 is 1.28 bits per heavy atom. The van der Waals surface area contributed by atoms with Crippen LogP contribution in [0, 0.1) is 5.92 Å². The summed E-state index contributed by atoms with van der Waals surface area (Å²) in [5.41, 5.74) is -0.0818. The van der Waals surface area contributed by atoms with E-state index in [9.17, 15) is 5.11 Å². The van der Waals surface area contributed by atoms with Gasteiger partial charge in [0.2, 0.25) is 0 Å². The number of hydrogen-bond donors (Lipinski definition) is 2. The van der Waals surface area contributed by atoms with E-state index < -0.39 is 0 Å². The van der Waals surface area contributed by atoms with E-state index in [0.29, 0.717) is 12.1 Å². The summed E-state index contributed by atoms with van der Waals surface area (Å²) in [7, 11) is 0. The van der Waals surface area contributed by atoms with Crippen molar-refractivity contribution in [3.8, 4) is 0 Å². The first-order chi connectivity index (χ1) is 8.54. The van der Waals surface area contributed by atoms with Crippen LogP contribution in [0.15, 0.2) is 0 Å². The van der Waals surface area contributed by atoms with Crippen LogP contribution >= 0.6 is 0 Å². The fourth-order valence-electron chi connectivity index (χ4n) is 3.04. The quantitative estimate of drug-likeness (QED) is 0.761. The number of nitrogens with one attached hydrogen (secondary N) is 1. The predicted molar refractivity (Wildman–Crippen MR) is 75.7 cm³/mol. The molecule has 2 aliphatic rings. The Labute approximate surface area is 112 Å². The zero-order valence-corrected chi connectivity index (χ0v) is 12.3. The fraction of sp³-hybridized carbons (Fsp3) is 1.00. The van der Waals surface area contributed by atoms with Crippen LogP contribution in [0.1, 0.15) is 52.9 Å². The average molecular weight is 254 g/mol. The largest absolute Gasteiger partial charge is 0.394 e. The van der Waals surface area contributed by atoms with E-state index in [0.717, 1.165) is 18.9 Å². The number of likely N-dealkylation sites (tertiary alicyclic amines) is 1. The Hall–Kier alpha value is -0.120. The maximum atomic E-state index is 9.63. The van der Waals surface area contributed by atoms with E-state index in [1.807, 2.05) is 0 Å². The Balaban J connectivity index is 1.80. The van der Waals surface area contributed by atoms with E-state index in [4.69, 9.17) is 0 Å². The number of hydrogen-bond acceptors (Lipinski definition) is 3. The molecule has 1 saturated heterocycles. The third kappa shape index (κ3) is 3.69. The van der Waals surface area contributed by atoms with Crippen molar-refractivity contribution >= 4 is 0 Å². The van der Waals surface area contributed by atoms with Crippen LogP contribution in [0.25, 0.3) is 0 Å². The molecule has 2 fully saturated rings. The number of aliphatic hydroxyl groups is 1. The molecule has 0 spiro atoms. The molecule has 18 heavy (non-hydrogen) atoms. The van der Waals surface area contributed by atoms with Crippen molar-refractivity contribution in [3.63, 3.8) is 0 Å². The monoisotopic (exact) mass is 254 g/mol. The summed E-state index contributed by atoms with van der Waals surface area (Å²) in [4.78, 5) is 2.61. The Morgan fingerprint density at radius 3 is 2.61 bits per heavy atom. The summed E-state index contributed by atoms with van der Waals surface area (Å²) >= 11 is 0. The third-order valence-corrected chi connectivity index (χ3v) is 4.93. The van der Waals surface area contributed by atoms with Gasteiger partial charge in [-0.3, -0.25) is 0 Å². The van der Waals surface area contributed by atoms with Crippen LogP contribution in [-0.4, -0.2) is 47.3 Å².